The van der Waals surface area contributed by atoms with Crippen LogP contribution in [0.2, 0.25) is 5.02 Å². The molecule has 2 aliphatic heterocycles. The molecule has 2 saturated heterocycles. The van der Waals surface area contributed by atoms with E-state index in [1.54, 1.807) is 0 Å². The summed E-state index contributed by atoms with van der Waals surface area (Å²) < 4.78 is 5.96. The Balaban J connectivity index is 1.79. The van der Waals surface area contributed by atoms with Crippen molar-refractivity contribution in [3.8, 4) is 0 Å². The van der Waals surface area contributed by atoms with Crippen LogP contribution in [0.5, 0.6) is 0 Å². The van der Waals surface area contributed by atoms with E-state index in [9.17, 15) is 9.59 Å². The van der Waals surface area contributed by atoms with E-state index in [4.69, 9.17) is 16.3 Å². The van der Waals surface area contributed by atoms with Gasteiger partial charge in [0.05, 0.1) is 18.7 Å². The number of nitrogens with one attached hydrogen (secondary N) is 1. The summed E-state index contributed by atoms with van der Waals surface area (Å²) in [5.74, 6) is -0.0861. The summed E-state index contributed by atoms with van der Waals surface area (Å²) in [6.07, 6.45) is 0.772. The highest BCUT2D eigenvalue weighted by molar-refractivity contribution is 6.30. The van der Waals surface area contributed by atoms with Gasteiger partial charge in [0.1, 0.15) is 12.1 Å². The maximum atomic E-state index is 12.8. The van der Waals surface area contributed by atoms with E-state index in [0.29, 0.717) is 31.0 Å². The van der Waals surface area contributed by atoms with Gasteiger partial charge in [-0.25, -0.2) is 0 Å². The maximum Gasteiger partial charge on any atom is 0.245 e. The van der Waals surface area contributed by atoms with E-state index in [0.717, 1.165) is 5.56 Å². The Kier molecular flexibility index (Phi) is 4.34. The fraction of sp³-hybridized carbons (Fsp3) is 0.529. The Morgan fingerprint density at radius 1 is 1.43 bits per heavy atom. The van der Waals surface area contributed by atoms with Gasteiger partial charge in [-0.1, -0.05) is 23.7 Å². The Morgan fingerprint density at radius 3 is 2.87 bits per heavy atom. The molecule has 23 heavy (non-hydrogen) atoms. The van der Waals surface area contributed by atoms with Gasteiger partial charge in [-0.15, -0.1) is 0 Å². The van der Waals surface area contributed by atoms with E-state index < -0.39 is 11.6 Å². The zero-order valence-corrected chi connectivity index (χ0v) is 14.1. The van der Waals surface area contributed by atoms with E-state index in [-0.39, 0.29) is 17.9 Å². The van der Waals surface area contributed by atoms with Crippen LogP contribution in [0, 0.1) is 0 Å². The predicted molar refractivity (Wildman–Crippen MR) is 87.1 cm³/mol. The molecule has 0 bridgehead atoms. The number of morpholine rings is 1. The second-order valence-corrected chi connectivity index (χ2v) is 7.21. The van der Waals surface area contributed by atoms with Crippen LogP contribution in [0.4, 0.5) is 0 Å². The van der Waals surface area contributed by atoms with Crippen molar-refractivity contribution in [3.05, 3.63) is 34.9 Å². The van der Waals surface area contributed by atoms with Gasteiger partial charge in [-0.3, -0.25) is 9.59 Å². The number of hydrogen-bond acceptors (Lipinski definition) is 3. The summed E-state index contributed by atoms with van der Waals surface area (Å²) in [7, 11) is 0. The molecule has 124 valence electrons. The van der Waals surface area contributed by atoms with E-state index >= 15 is 0 Å². The lowest BCUT2D eigenvalue weighted by atomic mass is 9.96. The van der Waals surface area contributed by atoms with Crippen molar-refractivity contribution in [3.63, 3.8) is 0 Å². The van der Waals surface area contributed by atoms with Crippen LogP contribution in [-0.4, -0.2) is 41.4 Å². The zero-order valence-electron chi connectivity index (χ0n) is 13.3. The molecule has 0 radical (unpaired) electrons. The summed E-state index contributed by atoms with van der Waals surface area (Å²) >= 11 is 6.06. The first kappa shape index (κ1) is 16.3. The molecule has 1 aromatic carbocycles. The standard InChI is InChI=1S/C17H21ClN2O3/c1-17(2)10-23-14(11-4-3-5-12(18)8-11)9-20(17)16(22)13-6-7-15(21)19-13/h3-5,8,13-14H,6-7,9-10H2,1-2H3,(H,19,21)/t13-,14?/m0/s1. The molecule has 0 aromatic heterocycles. The molecule has 1 aromatic rings. The van der Waals surface area contributed by atoms with Gasteiger partial charge in [0.2, 0.25) is 11.8 Å². The minimum absolute atomic E-state index is 0.0313. The highest BCUT2D eigenvalue weighted by Crippen LogP contribution is 2.32. The van der Waals surface area contributed by atoms with Crippen LogP contribution in [-0.2, 0) is 14.3 Å². The monoisotopic (exact) mass is 336 g/mol. The van der Waals surface area contributed by atoms with Crippen molar-refractivity contribution in [1.82, 2.24) is 10.2 Å². The Bertz CT molecular complexity index is 632. The van der Waals surface area contributed by atoms with Crippen molar-refractivity contribution in [1.29, 1.82) is 0 Å². The number of carbonyl (C=O) groups excluding carboxylic acids is 2. The number of amides is 2. The lowest BCUT2D eigenvalue weighted by Gasteiger charge is -2.46. The molecule has 2 atom stereocenters. The fourth-order valence-electron chi connectivity index (χ4n) is 3.13. The normalized spacial score (nSPS) is 26.9. The van der Waals surface area contributed by atoms with Crippen LogP contribution in [0.1, 0.15) is 38.4 Å². The molecule has 2 heterocycles. The number of carbonyl (C=O) groups is 2. The molecule has 1 N–H and O–H groups in total. The molecular weight excluding hydrogens is 316 g/mol. The van der Waals surface area contributed by atoms with E-state index in [1.807, 2.05) is 43.0 Å². The summed E-state index contributed by atoms with van der Waals surface area (Å²) in [5.41, 5.74) is 0.556. The van der Waals surface area contributed by atoms with E-state index in [1.165, 1.54) is 0 Å². The van der Waals surface area contributed by atoms with Crippen LogP contribution in [0.25, 0.3) is 0 Å². The number of hydrogen-bond donors (Lipinski definition) is 1. The molecule has 0 spiro atoms. The third kappa shape index (κ3) is 3.35. The summed E-state index contributed by atoms with van der Waals surface area (Å²) in [6.45, 7) is 4.86. The first-order valence-electron chi connectivity index (χ1n) is 7.85. The topological polar surface area (TPSA) is 58.6 Å². The van der Waals surface area contributed by atoms with Crippen molar-refractivity contribution in [2.24, 2.45) is 0 Å². The minimum Gasteiger partial charge on any atom is -0.369 e. The number of nitrogens with zero attached hydrogens (tertiary/aromatic N) is 1. The molecule has 2 aliphatic rings. The highest BCUT2D eigenvalue weighted by Gasteiger charge is 2.42. The molecule has 0 saturated carbocycles. The van der Waals surface area contributed by atoms with Crippen molar-refractivity contribution >= 4 is 23.4 Å². The van der Waals surface area contributed by atoms with E-state index in [2.05, 4.69) is 5.32 Å². The largest absolute Gasteiger partial charge is 0.369 e. The Hall–Kier alpha value is -1.59. The van der Waals surface area contributed by atoms with Gasteiger partial charge in [-0.05, 0) is 38.0 Å². The molecule has 2 fully saturated rings. The SMILES string of the molecule is CC1(C)COC(c2cccc(Cl)c2)CN1C(=O)[C@@H]1CCC(=O)N1. The summed E-state index contributed by atoms with van der Waals surface area (Å²) in [5, 5.41) is 3.41. The third-order valence-electron chi connectivity index (χ3n) is 4.50. The quantitative estimate of drug-likeness (QED) is 0.901. The molecule has 5 nitrogen and oxygen atoms in total. The Labute approximate surface area is 140 Å². The van der Waals surface area contributed by atoms with Crippen molar-refractivity contribution in [2.75, 3.05) is 13.2 Å². The number of benzene rings is 1. The first-order valence-corrected chi connectivity index (χ1v) is 8.22. The second-order valence-electron chi connectivity index (χ2n) is 6.77. The smallest absolute Gasteiger partial charge is 0.245 e. The maximum absolute atomic E-state index is 12.8. The van der Waals surface area contributed by atoms with Crippen LogP contribution in [0.15, 0.2) is 24.3 Å². The van der Waals surface area contributed by atoms with Gasteiger partial charge in [0.25, 0.3) is 0 Å². The third-order valence-corrected chi connectivity index (χ3v) is 4.73. The number of halogens is 1. The molecule has 2 amide bonds. The fourth-order valence-corrected chi connectivity index (χ4v) is 3.33. The van der Waals surface area contributed by atoms with Gasteiger partial charge < -0.3 is 15.0 Å². The van der Waals surface area contributed by atoms with Crippen LogP contribution >= 0.6 is 11.6 Å². The molecule has 3 rings (SSSR count). The van der Waals surface area contributed by atoms with Crippen LogP contribution < -0.4 is 5.32 Å². The minimum atomic E-state index is -0.417. The summed E-state index contributed by atoms with van der Waals surface area (Å²) in [6, 6.07) is 7.10. The zero-order chi connectivity index (χ0) is 16.6. The number of ether oxygens (including phenoxy) is 1. The average Bonchev–Trinajstić information content (AvgIpc) is 2.93. The average molecular weight is 337 g/mol. The van der Waals surface area contributed by atoms with Crippen LogP contribution in [0.3, 0.4) is 0 Å². The van der Waals surface area contributed by atoms with Gasteiger partial charge in [0.15, 0.2) is 0 Å². The second kappa shape index (κ2) is 6.13. The molecular formula is C17H21ClN2O3. The summed E-state index contributed by atoms with van der Waals surface area (Å²) in [4.78, 5) is 26.1. The molecule has 6 heteroatoms. The van der Waals surface area contributed by atoms with Crippen molar-refractivity contribution in [2.45, 2.75) is 44.4 Å². The molecule has 0 aliphatic carbocycles. The van der Waals surface area contributed by atoms with Gasteiger partial charge >= 0.3 is 0 Å². The highest BCUT2D eigenvalue weighted by atomic mass is 35.5. The van der Waals surface area contributed by atoms with Crippen molar-refractivity contribution < 1.29 is 14.3 Å². The van der Waals surface area contributed by atoms with Gasteiger partial charge in [-0.2, -0.15) is 0 Å². The first-order chi connectivity index (χ1) is 10.9. The lowest BCUT2D eigenvalue weighted by molar-refractivity contribution is -0.157. The lowest BCUT2D eigenvalue weighted by Crippen LogP contribution is -2.59. The van der Waals surface area contributed by atoms with Gasteiger partial charge in [0, 0.05) is 11.4 Å². The molecule has 1 unspecified atom stereocenters. The Morgan fingerprint density at radius 2 is 2.22 bits per heavy atom. The number of rotatable bonds is 2. The predicted octanol–water partition coefficient (Wildman–Crippen LogP) is 2.30.